The van der Waals surface area contributed by atoms with Crippen molar-refractivity contribution in [1.29, 1.82) is 0 Å². The first-order valence-corrected chi connectivity index (χ1v) is 11.2. The average Bonchev–Trinajstić information content (AvgIpc) is 2.71. The average molecular weight is 416 g/mol. The quantitative estimate of drug-likeness (QED) is 0.684. The molecule has 0 bridgehead atoms. The van der Waals surface area contributed by atoms with Crippen molar-refractivity contribution in [2.75, 3.05) is 13.1 Å². The van der Waals surface area contributed by atoms with Crippen LogP contribution >= 0.6 is 0 Å². The maximum Gasteiger partial charge on any atom is 0.252 e. The summed E-state index contributed by atoms with van der Waals surface area (Å²) < 4.78 is 0. The van der Waals surface area contributed by atoms with Gasteiger partial charge in [0.05, 0.1) is 0 Å². The number of hydrogen-bond donors (Lipinski definition) is 2. The highest BCUT2D eigenvalue weighted by molar-refractivity contribution is 5.98. The number of nitrogens with one attached hydrogen (secondary N) is 2. The molecular weight excluding hydrogens is 378 g/mol. The lowest BCUT2D eigenvalue weighted by Crippen LogP contribution is -2.55. The minimum atomic E-state index is -0.603. The van der Waals surface area contributed by atoms with Gasteiger partial charge in [-0.15, -0.1) is 0 Å². The zero-order valence-corrected chi connectivity index (χ0v) is 19.0. The number of piperidine rings is 1. The Hall–Kier alpha value is -2.37. The van der Waals surface area contributed by atoms with Gasteiger partial charge in [0, 0.05) is 31.1 Å². The SMILES string of the molecule is CC[C@@H](C)NC(=O)[C@@H](NC(=O)c1ccccc1C)C1CCN(C(=O)CC(C)C)CC1. The van der Waals surface area contributed by atoms with Crippen molar-refractivity contribution in [3.05, 3.63) is 35.4 Å². The molecule has 0 unspecified atom stereocenters. The van der Waals surface area contributed by atoms with Crippen molar-refractivity contribution in [2.45, 2.75) is 72.4 Å². The van der Waals surface area contributed by atoms with Crippen molar-refractivity contribution < 1.29 is 14.4 Å². The van der Waals surface area contributed by atoms with Gasteiger partial charge in [-0.05, 0) is 56.6 Å². The number of carbonyl (C=O) groups is 3. The van der Waals surface area contributed by atoms with Crippen LogP contribution in [0, 0.1) is 18.8 Å². The topological polar surface area (TPSA) is 78.5 Å². The van der Waals surface area contributed by atoms with Crippen molar-refractivity contribution in [1.82, 2.24) is 15.5 Å². The molecule has 2 rings (SSSR count). The van der Waals surface area contributed by atoms with Crippen molar-refractivity contribution in [3.63, 3.8) is 0 Å². The minimum Gasteiger partial charge on any atom is -0.352 e. The lowest BCUT2D eigenvalue weighted by molar-refractivity contribution is -0.133. The zero-order chi connectivity index (χ0) is 22.3. The van der Waals surface area contributed by atoms with Crippen LogP contribution in [0.25, 0.3) is 0 Å². The number of amides is 3. The maximum absolute atomic E-state index is 13.0. The van der Waals surface area contributed by atoms with Gasteiger partial charge in [0.1, 0.15) is 6.04 Å². The van der Waals surface area contributed by atoms with E-state index in [1.165, 1.54) is 0 Å². The summed E-state index contributed by atoms with van der Waals surface area (Å²) in [6.07, 6.45) is 2.78. The molecule has 30 heavy (non-hydrogen) atoms. The van der Waals surface area contributed by atoms with Gasteiger partial charge in [-0.1, -0.05) is 39.0 Å². The van der Waals surface area contributed by atoms with E-state index in [0.717, 1.165) is 12.0 Å². The third kappa shape index (κ3) is 6.57. The Morgan fingerprint density at radius 1 is 1.07 bits per heavy atom. The van der Waals surface area contributed by atoms with E-state index in [0.29, 0.717) is 43.8 Å². The summed E-state index contributed by atoms with van der Waals surface area (Å²) in [5.41, 5.74) is 1.47. The van der Waals surface area contributed by atoms with Crippen LogP contribution in [-0.2, 0) is 9.59 Å². The molecule has 1 saturated heterocycles. The second-order valence-electron chi connectivity index (χ2n) is 8.90. The molecule has 6 nitrogen and oxygen atoms in total. The molecule has 166 valence electrons. The second kappa shape index (κ2) is 11.1. The molecule has 1 fully saturated rings. The van der Waals surface area contributed by atoms with Crippen molar-refractivity contribution in [3.8, 4) is 0 Å². The molecule has 1 aliphatic heterocycles. The van der Waals surface area contributed by atoms with Crippen LogP contribution in [0.2, 0.25) is 0 Å². The first-order valence-electron chi connectivity index (χ1n) is 11.2. The van der Waals surface area contributed by atoms with Crippen LogP contribution in [-0.4, -0.2) is 47.8 Å². The van der Waals surface area contributed by atoms with Crippen LogP contribution in [0.3, 0.4) is 0 Å². The number of nitrogens with zero attached hydrogens (tertiary/aromatic N) is 1. The van der Waals surface area contributed by atoms with Gasteiger partial charge in [0.25, 0.3) is 5.91 Å². The Morgan fingerprint density at radius 2 is 1.70 bits per heavy atom. The van der Waals surface area contributed by atoms with Crippen LogP contribution in [0.15, 0.2) is 24.3 Å². The molecule has 6 heteroatoms. The van der Waals surface area contributed by atoms with E-state index >= 15 is 0 Å². The summed E-state index contributed by atoms with van der Waals surface area (Å²) in [5.74, 6) is 0.143. The summed E-state index contributed by atoms with van der Waals surface area (Å²) in [6, 6.07) is 6.83. The fourth-order valence-electron chi connectivity index (χ4n) is 3.84. The smallest absolute Gasteiger partial charge is 0.252 e. The van der Waals surface area contributed by atoms with Gasteiger partial charge in [-0.2, -0.15) is 0 Å². The highest BCUT2D eigenvalue weighted by Crippen LogP contribution is 2.23. The van der Waals surface area contributed by atoms with Crippen LogP contribution < -0.4 is 10.6 Å². The Labute approximate surface area is 180 Å². The largest absolute Gasteiger partial charge is 0.352 e. The predicted octanol–water partition coefficient (Wildman–Crippen LogP) is 3.29. The Kier molecular flexibility index (Phi) is 8.88. The molecule has 1 aliphatic rings. The Balaban J connectivity index is 2.10. The number of carbonyl (C=O) groups excluding carboxylic acids is 3. The van der Waals surface area contributed by atoms with Crippen LogP contribution in [0.5, 0.6) is 0 Å². The summed E-state index contributed by atoms with van der Waals surface area (Å²) in [5, 5.41) is 6.02. The number of benzene rings is 1. The molecule has 1 heterocycles. The van der Waals surface area contributed by atoms with Crippen molar-refractivity contribution >= 4 is 17.7 Å². The fourth-order valence-corrected chi connectivity index (χ4v) is 3.84. The van der Waals surface area contributed by atoms with Gasteiger partial charge < -0.3 is 15.5 Å². The van der Waals surface area contributed by atoms with E-state index in [4.69, 9.17) is 0 Å². The minimum absolute atomic E-state index is 0.00474. The third-order valence-corrected chi connectivity index (χ3v) is 5.91. The lowest BCUT2D eigenvalue weighted by atomic mass is 9.88. The fraction of sp³-hybridized carbons (Fsp3) is 0.625. The highest BCUT2D eigenvalue weighted by atomic mass is 16.2. The second-order valence-corrected chi connectivity index (χ2v) is 8.90. The molecule has 1 aromatic carbocycles. The van der Waals surface area contributed by atoms with E-state index < -0.39 is 6.04 Å². The molecule has 0 aliphatic carbocycles. The summed E-state index contributed by atoms with van der Waals surface area (Å²) >= 11 is 0. The first kappa shape index (κ1) is 23.9. The number of likely N-dealkylation sites (tertiary alicyclic amines) is 1. The molecule has 0 saturated carbocycles. The van der Waals surface area contributed by atoms with Gasteiger partial charge in [-0.25, -0.2) is 0 Å². The number of rotatable bonds is 8. The molecule has 1 aromatic rings. The van der Waals surface area contributed by atoms with E-state index in [1.807, 2.05) is 57.7 Å². The molecule has 0 spiro atoms. The zero-order valence-electron chi connectivity index (χ0n) is 19.0. The van der Waals surface area contributed by atoms with Crippen molar-refractivity contribution in [2.24, 2.45) is 11.8 Å². The lowest BCUT2D eigenvalue weighted by Gasteiger charge is -2.36. The molecular formula is C24H37N3O3. The summed E-state index contributed by atoms with van der Waals surface area (Å²) in [4.78, 5) is 40.2. The first-order chi connectivity index (χ1) is 14.2. The number of aryl methyl sites for hydroxylation is 1. The molecule has 2 N–H and O–H groups in total. The standard InChI is InChI=1S/C24H37N3O3/c1-6-18(5)25-24(30)22(26-23(29)20-10-8-7-9-17(20)4)19-11-13-27(14-12-19)21(28)15-16(2)3/h7-10,16,18-19,22H,6,11-15H2,1-5H3,(H,25,30)(H,26,29)/t18-,22+/m1/s1. The monoisotopic (exact) mass is 415 g/mol. The highest BCUT2D eigenvalue weighted by Gasteiger charge is 2.34. The molecule has 0 aromatic heterocycles. The molecule has 2 atom stereocenters. The van der Waals surface area contributed by atoms with Gasteiger partial charge in [0.2, 0.25) is 11.8 Å². The van der Waals surface area contributed by atoms with Crippen LogP contribution in [0.4, 0.5) is 0 Å². The van der Waals surface area contributed by atoms with E-state index in [9.17, 15) is 14.4 Å². The van der Waals surface area contributed by atoms with Gasteiger partial charge >= 0.3 is 0 Å². The van der Waals surface area contributed by atoms with Gasteiger partial charge in [-0.3, -0.25) is 14.4 Å². The van der Waals surface area contributed by atoms with E-state index in [-0.39, 0.29) is 29.7 Å². The summed E-state index contributed by atoms with van der Waals surface area (Å²) in [7, 11) is 0. The van der Waals surface area contributed by atoms with Gasteiger partial charge in [0.15, 0.2) is 0 Å². The van der Waals surface area contributed by atoms with E-state index in [1.54, 1.807) is 6.07 Å². The Morgan fingerprint density at radius 3 is 2.27 bits per heavy atom. The summed E-state index contributed by atoms with van der Waals surface area (Å²) in [6.45, 7) is 11.2. The molecule has 0 radical (unpaired) electrons. The maximum atomic E-state index is 13.0. The normalized spacial score (nSPS) is 16.8. The predicted molar refractivity (Wildman–Crippen MR) is 119 cm³/mol. The van der Waals surface area contributed by atoms with Crippen LogP contribution in [0.1, 0.15) is 69.3 Å². The number of hydrogen-bond acceptors (Lipinski definition) is 3. The Bertz CT molecular complexity index is 739. The van der Waals surface area contributed by atoms with E-state index in [2.05, 4.69) is 10.6 Å². The molecule has 3 amide bonds. The third-order valence-electron chi connectivity index (χ3n) is 5.91.